The molecule has 0 bridgehead atoms. The minimum absolute atomic E-state index is 0.165. The average molecular weight is 294 g/mol. The Labute approximate surface area is 123 Å². The van der Waals surface area contributed by atoms with Gasteiger partial charge in [-0.1, -0.05) is 31.4 Å². The summed E-state index contributed by atoms with van der Waals surface area (Å²) in [4.78, 5) is 22.5. The van der Waals surface area contributed by atoms with Gasteiger partial charge in [-0.2, -0.15) is 0 Å². The number of hydrogen-bond acceptors (Lipinski definition) is 4. The topological polar surface area (TPSA) is 97.1 Å². The Kier molecular flexibility index (Phi) is 5.30. The number of aromatic nitrogens is 3. The van der Waals surface area contributed by atoms with Gasteiger partial charge in [0, 0.05) is 6.54 Å². The Morgan fingerprint density at radius 1 is 1.33 bits per heavy atom. The van der Waals surface area contributed by atoms with E-state index in [4.69, 9.17) is 5.11 Å². The van der Waals surface area contributed by atoms with Gasteiger partial charge in [0.25, 0.3) is 5.91 Å². The molecule has 1 saturated carbocycles. The number of nitrogens with zero attached hydrogens (tertiary/aromatic N) is 3. The molecule has 0 atom stereocenters. The molecule has 0 saturated heterocycles. The van der Waals surface area contributed by atoms with Crippen molar-refractivity contribution in [2.24, 2.45) is 11.8 Å². The predicted octanol–water partition coefficient (Wildman–Crippen LogP) is 1.31. The number of hydrogen-bond donors (Lipinski definition) is 2. The van der Waals surface area contributed by atoms with Crippen molar-refractivity contribution in [1.29, 1.82) is 0 Å². The lowest BCUT2D eigenvalue weighted by atomic mass is 9.81. The molecule has 1 amide bonds. The second kappa shape index (κ2) is 7.19. The highest BCUT2D eigenvalue weighted by molar-refractivity contribution is 5.91. The number of carboxylic acid groups (broad SMARTS) is 1. The molecule has 2 rings (SSSR count). The van der Waals surface area contributed by atoms with E-state index in [1.165, 1.54) is 25.5 Å². The smallest absolute Gasteiger partial charge is 0.325 e. The molecule has 0 aromatic carbocycles. The Morgan fingerprint density at radius 3 is 2.62 bits per heavy atom. The van der Waals surface area contributed by atoms with Crippen LogP contribution in [0.4, 0.5) is 0 Å². The molecule has 1 aliphatic carbocycles. The quantitative estimate of drug-likeness (QED) is 0.824. The predicted molar refractivity (Wildman–Crippen MR) is 75.7 cm³/mol. The van der Waals surface area contributed by atoms with Crippen molar-refractivity contribution in [3.05, 3.63) is 11.9 Å². The number of carboxylic acids is 1. The van der Waals surface area contributed by atoms with Crippen molar-refractivity contribution in [2.75, 3.05) is 6.54 Å². The van der Waals surface area contributed by atoms with Gasteiger partial charge in [0.15, 0.2) is 5.69 Å². The van der Waals surface area contributed by atoms with Gasteiger partial charge >= 0.3 is 5.97 Å². The molecule has 0 radical (unpaired) electrons. The third kappa shape index (κ3) is 4.54. The normalized spacial score (nSPS) is 22.0. The lowest BCUT2D eigenvalue weighted by Gasteiger charge is -2.27. The van der Waals surface area contributed by atoms with E-state index < -0.39 is 5.97 Å². The van der Waals surface area contributed by atoms with Gasteiger partial charge in [-0.3, -0.25) is 9.59 Å². The van der Waals surface area contributed by atoms with Crippen molar-refractivity contribution in [2.45, 2.75) is 45.6 Å². The first-order valence-electron chi connectivity index (χ1n) is 7.48. The zero-order valence-corrected chi connectivity index (χ0v) is 12.3. The van der Waals surface area contributed by atoms with Crippen LogP contribution in [0, 0.1) is 11.8 Å². The fourth-order valence-corrected chi connectivity index (χ4v) is 2.79. The molecule has 116 valence electrons. The van der Waals surface area contributed by atoms with Crippen LogP contribution in [0.25, 0.3) is 0 Å². The zero-order chi connectivity index (χ0) is 15.2. The van der Waals surface area contributed by atoms with Gasteiger partial charge in [0.05, 0.1) is 6.20 Å². The molecule has 0 aliphatic heterocycles. The van der Waals surface area contributed by atoms with Crippen LogP contribution in [-0.4, -0.2) is 38.5 Å². The number of carbonyl (C=O) groups is 2. The summed E-state index contributed by atoms with van der Waals surface area (Å²) in [6.45, 7) is 2.59. The van der Waals surface area contributed by atoms with Crippen LogP contribution < -0.4 is 5.32 Å². The van der Waals surface area contributed by atoms with Crippen LogP contribution in [-0.2, 0) is 11.3 Å². The average Bonchev–Trinajstić information content (AvgIpc) is 2.93. The summed E-state index contributed by atoms with van der Waals surface area (Å²) in [6.07, 6.45) is 7.40. The number of aliphatic carboxylic acids is 1. The van der Waals surface area contributed by atoms with Crippen LogP contribution in [0.1, 0.15) is 49.5 Å². The summed E-state index contributed by atoms with van der Waals surface area (Å²) < 4.78 is 1.14. The molecule has 1 aliphatic rings. The molecule has 7 heteroatoms. The van der Waals surface area contributed by atoms with Crippen LogP contribution in [0.2, 0.25) is 0 Å². The maximum absolute atomic E-state index is 11.9. The Balaban J connectivity index is 1.77. The Bertz CT molecular complexity index is 492. The van der Waals surface area contributed by atoms with Crippen molar-refractivity contribution in [1.82, 2.24) is 20.3 Å². The number of nitrogens with one attached hydrogen (secondary N) is 1. The largest absolute Gasteiger partial charge is 0.480 e. The highest BCUT2D eigenvalue weighted by Gasteiger charge is 2.21. The first-order chi connectivity index (χ1) is 10.1. The van der Waals surface area contributed by atoms with Gasteiger partial charge in [0.2, 0.25) is 0 Å². The summed E-state index contributed by atoms with van der Waals surface area (Å²) in [7, 11) is 0. The summed E-state index contributed by atoms with van der Waals surface area (Å²) in [5.74, 6) is 0.0717. The van der Waals surface area contributed by atoms with Gasteiger partial charge in [-0.05, 0) is 24.7 Å². The summed E-state index contributed by atoms with van der Waals surface area (Å²) in [6, 6.07) is 0. The van der Waals surface area contributed by atoms with Gasteiger partial charge in [0.1, 0.15) is 6.54 Å². The minimum Gasteiger partial charge on any atom is -0.480 e. The molecule has 1 aromatic heterocycles. The molecular weight excluding hydrogens is 272 g/mol. The third-order valence-electron chi connectivity index (χ3n) is 4.16. The van der Waals surface area contributed by atoms with E-state index in [0.717, 1.165) is 23.4 Å². The molecule has 7 nitrogen and oxygen atoms in total. The SMILES string of the molecule is CCC1CCC(CNC(=O)c2cn(CC(=O)O)nn2)CC1. The Hall–Kier alpha value is -1.92. The summed E-state index contributed by atoms with van der Waals surface area (Å²) >= 11 is 0. The fourth-order valence-electron chi connectivity index (χ4n) is 2.79. The van der Waals surface area contributed by atoms with E-state index in [1.54, 1.807) is 0 Å². The van der Waals surface area contributed by atoms with Crippen molar-refractivity contribution in [3.63, 3.8) is 0 Å². The van der Waals surface area contributed by atoms with Crippen LogP contribution in [0.3, 0.4) is 0 Å². The maximum Gasteiger partial charge on any atom is 0.325 e. The third-order valence-corrected chi connectivity index (χ3v) is 4.16. The van der Waals surface area contributed by atoms with E-state index in [1.807, 2.05) is 0 Å². The van der Waals surface area contributed by atoms with Gasteiger partial charge < -0.3 is 10.4 Å². The van der Waals surface area contributed by atoms with Crippen molar-refractivity contribution in [3.8, 4) is 0 Å². The van der Waals surface area contributed by atoms with E-state index >= 15 is 0 Å². The summed E-state index contributed by atoms with van der Waals surface area (Å²) in [5, 5.41) is 18.8. The first kappa shape index (κ1) is 15.5. The molecule has 1 fully saturated rings. The Morgan fingerprint density at radius 2 is 2.00 bits per heavy atom. The van der Waals surface area contributed by atoms with Crippen LogP contribution in [0.5, 0.6) is 0 Å². The molecule has 0 unspecified atom stereocenters. The van der Waals surface area contributed by atoms with E-state index in [-0.39, 0.29) is 18.1 Å². The fraction of sp³-hybridized carbons (Fsp3) is 0.714. The second-order valence-electron chi connectivity index (χ2n) is 5.70. The van der Waals surface area contributed by atoms with Crippen molar-refractivity contribution < 1.29 is 14.7 Å². The minimum atomic E-state index is -1.01. The van der Waals surface area contributed by atoms with Crippen LogP contribution >= 0.6 is 0 Å². The lowest BCUT2D eigenvalue weighted by Crippen LogP contribution is -2.31. The van der Waals surface area contributed by atoms with Crippen LogP contribution in [0.15, 0.2) is 6.20 Å². The highest BCUT2D eigenvalue weighted by atomic mass is 16.4. The van der Waals surface area contributed by atoms with Crippen molar-refractivity contribution >= 4 is 11.9 Å². The monoisotopic (exact) mass is 294 g/mol. The second-order valence-corrected chi connectivity index (χ2v) is 5.70. The molecule has 1 heterocycles. The van der Waals surface area contributed by atoms with E-state index in [9.17, 15) is 9.59 Å². The molecule has 0 spiro atoms. The van der Waals surface area contributed by atoms with Gasteiger partial charge in [-0.25, -0.2) is 4.68 Å². The zero-order valence-electron chi connectivity index (χ0n) is 12.3. The standard InChI is InChI=1S/C14H22N4O3/c1-2-10-3-5-11(6-4-10)7-15-14(21)12-8-18(17-16-12)9-13(19)20/h8,10-11H,2-7,9H2,1H3,(H,15,21)(H,19,20). The highest BCUT2D eigenvalue weighted by Crippen LogP contribution is 2.30. The number of amides is 1. The maximum atomic E-state index is 11.9. The number of carbonyl (C=O) groups excluding carboxylic acids is 1. The molecule has 2 N–H and O–H groups in total. The summed E-state index contributed by atoms with van der Waals surface area (Å²) in [5.41, 5.74) is 0.165. The number of rotatable bonds is 6. The lowest BCUT2D eigenvalue weighted by molar-refractivity contribution is -0.137. The van der Waals surface area contributed by atoms with Gasteiger partial charge in [-0.15, -0.1) is 5.10 Å². The van der Waals surface area contributed by atoms with E-state index in [0.29, 0.717) is 12.5 Å². The molecule has 1 aromatic rings. The van der Waals surface area contributed by atoms with E-state index in [2.05, 4.69) is 22.6 Å². The first-order valence-corrected chi connectivity index (χ1v) is 7.48. The molecular formula is C14H22N4O3. The molecule has 21 heavy (non-hydrogen) atoms.